The highest BCUT2D eigenvalue weighted by Gasteiger charge is 2.27. The minimum atomic E-state index is -0.0562. The first-order valence-electron chi connectivity index (χ1n) is 10.7. The molecule has 6 heteroatoms. The summed E-state index contributed by atoms with van der Waals surface area (Å²) in [5, 5.41) is 3.18. The van der Waals surface area contributed by atoms with Crippen LogP contribution in [0.25, 0.3) is 11.3 Å². The van der Waals surface area contributed by atoms with E-state index in [0.29, 0.717) is 6.54 Å². The Morgan fingerprint density at radius 2 is 1.90 bits per heavy atom. The summed E-state index contributed by atoms with van der Waals surface area (Å²) < 4.78 is 5.23. The highest BCUT2D eigenvalue weighted by molar-refractivity contribution is 5.80. The molecule has 1 fully saturated rings. The van der Waals surface area contributed by atoms with E-state index in [2.05, 4.69) is 20.2 Å². The number of amides is 1. The number of anilines is 1. The molecule has 2 aromatic carbocycles. The lowest BCUT2D eigenvalue weighted by Crippen LogP contribution is -2.44. The number of nitrogens with one attached hydrogen (secondary N) is 1. The molecular weight excluding hydrogens is 388 g/mol. The van der Waals surface area contributed by atoms with Crippen molar-refractivity contribution in [2.24, 2.45) is 5.92 Å². The fourth-order valence-corrected chi connectivity index (χ4v) is 4.00. The van der Waals surface area contributed by atoms with Gasteiger partial charge in [0.05, 0.1) is 24.8 Å². The van der Waals surface area contributed by atoms with E-state index in [4.69, 9.17) is 4.74 Å². The third-order valence-electron chi connectivity index (χ3n) is 5.81. The second-order valence-corrected chi connectivity index (χ2v) is 7.92. The molecule has 0 aliphatic carbocycles. The van der Waals surface area contributed by atoms with Crippen LogP contribution in [-0.2, 0) is 4.79 Å². The SMILES string of the molecule is COc1ccc(-c2cc(N3CCC[C@H](C(=O)N[C@H](C)c4ccccc4)C3)ncn2)cc1. The maximum atomic E-state index is 12.9. The van der Waals surface area contributed by atoms with E-state index in [9.17, 15) is 4.79 Å². The maximum absolute atomic E-state index is 12.9. The minimum Gasteiger partial charge on any atom is -0.497 e. The number of carbonyl (C=O) groups is 1. The number of piperidine rings is 1. The number of rotatable bonds is 6. The molecule has 4 rings (SSSR count). The predicted octanol–water partition coefficient (Wildman–Crippen LogP) is 4.25. The highest BCUT2D eigenvalue weighted by Crippen LogP contribution is 2.26. The lowest BCUT2D eigenvalue weighted by molar-refractivity contribution is -0.125. The monoisotopic (exact) mass is 416 g/mol. The molecule has 0 unspecified atom stereocenters. The molecule has 0 bridgehead atoms. The Labute approximate surface area is 183 Å². The van der Waals surface area contributed by atoms with Crippen LogP contribution in [0.15, 0.2) is 67.0 Å². The largest absolute Gasteiger partial charge is 0.497 e. The first kappa shape index (κ1) is 20.8. The molecule has 0 spiro atoms. The number of benzene rings is 2. The smallest absolute Gasteiger partial charge is 0.225 e. The molecule has 1 aliphatic heterocycles. The summed E-state index contributed by atoms with van der Waals surface area (Å²) in [5.41, 5.74) is 2.98. The van der Waals surface area contributed by atoms with Crippen molar-refractivity contribution in [3.63, 3.8) is 0 Å². The average Bonchev–Trinajstić information content (AvgIpc) is 2.84. The van der Waals surface area contributed by atoms with Gasteiger partial charge in [-0.1, -0.05) is 30.3 Å². The molecule has 31 heavy (non-hydrogen) atoms. The summed E-state index contributed by atoms with van der Waals surface area (Å²) in [4.78, 5) is 24.0. The maximum Gasteiger partial charge on any atom is 0.225 e. The van der Waals surface area contributed by atoms with Gasteiger partial charge in [0.2, 0.25) is 5.91 Å². The van der Waals surface area contributed by atoms with Crippen LogP contribution >= 0.6 is 0 Å². The first-order chi connectivity index (χ1) is 15.1. The standard InChI is InChI=1S/C25H28N4O2/c1-18(19-7-4-3-5-8-19)28-25(30)21-9-6-14-29(16-21)24-15-23(26-17-27-24)20-10-12-22(31-2)13-11-20/h3-5,7-8,10-13,15,17-18,21H,6,9,14,16H2,1-2H3,(H,28,30)/t18-,21+/m1/s1. The molecule has 2 heterocycles. The van der Waals surface area contributed by atoms with Crippen LogP contribution in [-0.4, -0.2) is 36.1 Å². The Hall–Kier alpha value is -3.41. The summed E-state index contributed by atoms with van der Waals surface area (Å²) in [6, 6.07) is 19.9. The quantitative estimate of drug-likeness (QED) is 0.651. The third-order valence-corrected chi connectivity index (χ3v) is 5.81. The van der Waals surface area contributed by atoms with E-state index >= 15 is 0 Å². The van der Waals surface area contributed by atoms with Crippen molar-refractivity contribution in [1.82, 2.24) is 15.3 Å². The summed E-state index contributed by atoms with van der Waals surface area (Å²) >= 11 is 0. The van der Waals surface area contributed by atoms with E-state index in [1.807, 2.05) is 67.6 Å². The molecule has 1 amide bonds. The second-order valence-electron chi connectivity index (χ2n) is 7.92. The van der Waals surface area contributed by atoms with Crippen molar-refractivity contribution >= 4 is 11.7 Å². The molecule has 3 aromatic rings. The van der Waals surface area contributed by atoms with Crippen LogP contribution < -0.4 is 15.0 Å². The van der Waals surface area contributed by atoms with Crippen LogP contribution in [0.1, 0.15) is 31.4 Å². The van der Waals surface area contributed by atoms with Gasteiger partial charge in [0.1, 0.15) is 17.9 Å². The fourth-order valence-electron chi connectivity index (χ4n) is 4.00. The lowest BCUT2D eigenvalue weighted by atomic mass is 9.96. The van der Waals surface area contributed by atoms with Gasteiger partial charge in [0, 0.05) is 24.7 Å². The normalized spacial score (nSPS) is 17.1. The summed E-state index contributed by atoms with van der Waals surface area (Å²) in [5.74, 6) is 1.71. The molecule has 6 nitrogen and oxygen atoms in total. The van der Waals surface area contributed by atoms with Gasteiger partial charge in [-0.05, 0) is 49.6 Å². The topological polar surface area (TPSA) is 67.3 Å². The lowest BCUT2D eigenvalue weighted by Gasteiger charge is -2.33. The number of methoxy groups -OCH3 is 1. The second kappa shape index (κ2) is 9.60. The van der Waals surface area contributed by atoms with Gasteiger partial charge in [-0.25, -0.2) is 9.97 Å². The van der Waals surface area contributed by atoms with Crippen molar-refractivity contribution in [3.05, 3.63) is 72.6 Å². The predicted molar refractivity (Wildman–Crippen MR) is 122 cm³/mol. The van der Waals surface area contributed by atoms with Gasteiger partial charge >= 0.3 is 0 Å². The Morgan fingerprint density at radius 1 is 1.13 bits per heavy atom. The van der Waals surface area contributed by atoms with Gasteiger partial charge in [0.15, 0.2) is 0 Å². The summed E-state index contributed by atoms with van der Waals surface area (Å²) in [7, 11) is 1.65. The van der Waals surface area contributed by atoms with E-state index in [1.165, 1.54) is 0 Å². The first-order valence-corrected chi connectivity index (χ1v) is 10.7. The number of hydrogen-bond acceptors (Lipinski definition) is 5. The molecule has 1 saturated heterocycles. The Bertz CT molecular complexity index is 1010. The van der Waals surface area contributed by atoms with Gasteiger partial charge in [0.25, 0.3) is 0 Å². The fraction of sp³-hybridized carbons (Fsp3) is 0.320. The number of carbonyl (C=O) groups excluding carboxylic acids is 1. The van der Waals surface area contributed by atoms with Crippen LogP contribution in [0.3, 0.4) is 0 Å². The molecule has 2 atom stereocenters. The van der Waals surface area contributed by atoms with Crippen LogP contribution in [0.2, 0.25) is 0 Å². The van der Waals surface area contributed by atoms with Crippen molar-refractivity contribution in [3.8, 4) is 17.0 Å². The van der Waals surface area contributed by atoms with Crippen molar-refractivity contribution in [2.45, 2.75) is 25.8 Å². The number of ether oxygens (including phenoxy) is 1. The van der Waals surface area contributed by atoms with E-state index in [-0.39, 0.29) is 17.9 Å². The summed E-state index contributed by atoms with van der Waals surface area (Å²) in [6.45, 7) is 3.57. The van der Waals surface area contributed by atoms with Gasteiger partial charge in [-0.15, -0.1) is 0 Å². The molecule has 0 saturated carbocycles. The zero-order valence-corrected chi connectivity index (χ0v) is 18.0. The molecule has 1 aromatic heterocycles. The zero-order chi connectivity index (χ0) is 21.6. The van der Waals surface area contributed by atoms with Gasteiger partial charge < -0.3 is 15.0 Å². The van der Waals surface area contributed by atoms with E-state index in [0.717, 1.165) is 47.8 Å². The molecule has 1 aliphatic rings. The molecule has 160 valence electrons. The van der Waals surface area contributed by atoms with Crippen LogP contribution in [0.4, 0.5) is 5.82 Å². The van der Waals surface area contributed by atoms with E-state index < -0.39 is 0 Å². The van der Waals surface area contributed by atoms with Gasteiger partial charge in [-0.2, -0.15) is 0 Å². The van der Waals surface area contributed by atoms with E-state index in [1.54, 1.807) is 13.4 Å². The summed E-state index contributed by atoms with van der Waals surface area (Å²) in [6.07, 6.45) is 3.44. The number of nitrogens with zero attached hydrogens (tertiary/aromatic N) is 3. The highest BCUT2D eigenvalue weighted by atomic mass is 16.5. The minimum absolute atomic E-state index is 0.00944. The Morgan fingerprint density at radius 3 is 2.65 bits per heavy atom. The molecular formula is C25H28N4O2. The van der Waals surface area contributed by atoms with Crippen molar-refractivity contribution in [2.75, 3.05) is 25.1 Å². The zero-order valence-electron chi connectivity index (χ0n) is 18.0. The third kappa shape index (κ3) is 5.02. The van der Waals surface area contributed by atoms with Crippen LogP contribution in [0.5, 0.6) is 5.75 Å². The van der Waals surface area contributed by atoms with Crippen molar-refractivity contribution in [1.29, 1.82) is 0 Å². The molecule has 1 N–H and O–H groups in total. The number of hydrogen-bond donors (Lipinski definition) is 1. The number of aromatic nitrogens is 2. The van der Waals surface area contributed by atoms with Crippen LogP contribution in [0, 0.1) is 5.92 Å². The average molecular weight is 417 g/mol. The Kier molecular flexibility index (Phi) is 6.46. The van der Waals surface area contributed by atoms with Crippen molar-refractivity contribution < 1.29 is 9.53 Å². The Balaban J connectivity index is 1.44. The van der Waals surface area contributed by atoms with Gasteiger partial charge in [-0.3, -0.25) is 4.79 Å². The molecule has 0 radical (unpaired) electrons.